The smallest absolute Gasteiger partial charge is 0.355 e. The van der Waals surface area contributed by atoms with E-state index in [1.165, 1.54) is 7.11 Å². The van der Waals surface area contributed by atoms with E-state index in [-0.39, 0.29) is 23.9 Å². The highest BCUT2D eigenvalue weighted by Crippen LogP contribution is 2.30. The maximum Gasteiger partial charge on any atom is 0.355 e. The lowest BCUT2D eigenvalue weighted by atomic mass is 10.1. The first-order chi connectivity index (χ1) is 13.9. The van der Waals surface area contributed by atoms with Crippen molar-refractivity contribution in [2.75, 3.05) is 26.9 Å². The SMILES string of the molecule is COC(=O)c1c(C)[nH]c(C(=O)OCC(=O)NC[C@@H]2COc3ccccc3O2)c1C. The average Bonchev–Trinajstić information content (AvgIpc) is 3.03. The van der Waals surface area contributed by atoms with Crippen molar-refractivity contribution < 1.29 is 33.3 Å². The molecule has 2 heterocycles. The Morgan fingerprint density at radius 1 is 1.17 bits per heavy atom. The van der Waals surface area contributed by atoms with Crippen LogP contribution in [0, 0.1) is 13.8 Å². The van der Waals surface area contributed by atoms with Crippen molar-refractivity contribution in [2.45, 2.75) is 20.0 Å². The van der Waals surface area contributed by atoms with Crippen LogP contribution in [0.2, 0.25) is 0 Å². The fraction of sp³-hybridized carbons (Fsp3) is 0.350. The third kappa shape index (κ3) is 4.50. The molecule has 0 unspecified atom stereocenters. The Hall–Kier alpha value is -3.49. The van der Waals surface area contributed by atoms with Crippen LogP contribution in [-0.2, 0) is 14.3 Å². The molecular weight excluding hydrogens is 380 g/mol. The number of rotatable bonds is 6. The van der Waals surface area contributed by atoms with E-state index in [1.54, 1.807) is 26.0 Å². The molecule has 0 saturated heterocycles. The van der Waals surface area contributed by atoms with Gasteiger partial charge in [-0.2, -0.15) is 0 Å². The number of benzene rings is 1. The van der Waals surface area contributed by atoms with Crippen LogP contribution in [0.1, 0.15) is 32.1 Å². The summed E-state index contributed by atoms with van der Waals surface area (Å²) >= 11 is 0. The third-order valence-corrected chi connectivity index (χ3v) is 4.46. The molecule has 1 aliphatic rings. The first-order valence-electron chi connectivity index (χ1n) is 9.00. The minimum Gasteiger partial charge on any atom is -0.486 e. The molecule has 154 valence electrons. The summed E-state index contributed by atoms with van der Waals surface area (Å²) in [4.78, 5) is 38.9. The Morgan fingerprint density at radius 2 is 1.90 bits per heavy atom. The maximum atomic E-state index is 12.3. The molecule has 0 bridgehead atoms. The van der Waals surface area contributed by atoms with Gasteiger partial charge in [0, 0.05) is 5.69 Å². The van der Waals surface area contributed by atoms with Crippen molar-refractivity contribution in [1.29, 1.82) is 0 Å². The van der Waals surface area contributed by atoms with Gasteiger partial charge in [-0.3, -0.25) is 4.79 Å². The molecule has 9 heteroatoms. The molecule has 0 aliphatic carbocycles. The van der Waals surface area contributed by atoms with Gasteiger partial charge in [0.1, 0.15) is 18.4 Å². The highest BCUT2D eigenvalue weighted by Gasteiger charge is 2.24. The highest BCUT2D eigenvalue weighted by atomic mass is 16.6. The lowest BCUT2D eigenvalue weighted by molar-refractivity contribution is -0.124. The summed E-state index contributed by atoms with van der Waals surface area (Å²) in [5, 5.41) is 2.64. The summed E-state index contributed by atoms with van der Waals surface area (Å²) in [5.41, 5.74) is 1.28. The van der Waals surface area contributed by atoms with E-state index < -0.39 is 24.5 Å². The van der Waals surface area contributed by atoms with E-state index in [0.717, 1.165) is 0 Å². The van der Waals surface area contributed by atoms with E-state index in [1.807, 2.05) is 12.1 Å². The maximum absolute atomic E-state index is 12.3. The number of aromatic amines is 1. The van der Waals surface area contributed by atoms with Crippen molar-refractivity contribution in [3.63, 3.8) is 0 Å². The summed E-state index contributed by atoms with van der Waals surface area (Å²) in [5.74, 6) is -0.489. The molecule has 9 nitrogen and oxygen atoms in total. The second-order valence-corrected chi connectivity index (χ2v) is 6.49. The summed E-state index contributed by atoms with van der Waals surface area (Å²) < 4.78 is 21.1. The number of aryl methyl sites for hydroxylation is 1. The van der Waals surface area contributed by atoms with Crippen molar-refractivity contribution in [2.24, 2.45) is 0 Å². The van der Waals surface area contributed by atoms with Crippen LogP contribution in [0.15, 0.2) is 24.3 Å². The zero-order chi connectivity index (χ0) is 21.0. The Kier molecular flexibility index (Phi) is 6.06. The number of amides is 1. The number of hydrogen-bond acceptors (Lipinski definition) is 7. The molecule has 3 rings (SSSR count). The number of para-hydroxylation sites is 2. The van der Waals surface area contributed by atoms with Gasteiger partial charge in [0.15, 0.2) is 18.1 Å². The Bertz CT molecular complexity index is 935. The van der Waals surface area contributed by atoms with Crippen LogP contribution in [0.4, 0.5) is 0 Å². The fourth-order valence-electron chi connectivity index (χ4n) is 3.01. The van der Waals surface area contributed by atoms with E-state index in [4.69, 9.17) is 18.9 Å². The minimum absolute atomic E-state index is 0.108. The van der Waals surface area contributed by atoms with Gasteiger partial charge in [0.2, 0.25) is 0 Å². The number of methoxy groups -OCH3 is 1. The minimum atomic E-state index is -0.734. The summed E-state index contributed by atoms with van der Waals surface area (Å²) in [7, 11) is 1.26. The number of fused-ring (bicyclic) bond motifs is 1. The van der Waals surface area contributed by atoms with Gasteiger partial charge in [0.25, 0.3) is 5.91 Å². The topological polar surface area (TPSA) is 116 Å². The molecule has 1 atom stereocenters. The monoisotopic (exact) mass is 402 g/mol. The van der Waals surface area contributed by atoms with E-state index in [0.29, 0.717) is 29.4 Å². The van der Waals surface area contributed by atoms with E-state index in [9.17, 15) is 14.4 Å². The standard InChI is InChI=1S/C20H22N2O7/c1-11-17(19(24)26-3)12(2)22-18(11)20(25)28-10-16(23)21-8-13-9-27-14-6-4-5-7-15(14)29-13/h4-7,13,22H,8-10H2,1-3H3,(H,21,23)/t13-/m1/s1. The van der Waals surface area contributed by atoms with Gasteiger partial charge in [-0.25, -0.2) is 9.59 Å². The first-order valence-corrected chi connectivity index (χ1v) is 9.00. The predicted octanol–water partition coefficient (Wildman–Crippen LogP) is 1.53. The molecule has 0 spiro atoms. The zero-order valence-electron chi connectivity index (χ0n) is 16.4. The van der Waals surface area contributed by atoms with Crippen LogP contribution in [0.3, 0.4) is 0 Å². The van der Waals surface area contributed by atoms with Gasteiger partial charge in [-0.15, -0.1) is 0 Å². The van der Waals surface area contributed by atoms with Crippen molar-refractivity contribution in [3.05, 3.63) is 46.8 Å². The molecule has 1 aromatic carbocycles. The number of nitrogens with one attached hydrogen (secondary N) is 2. The number of H-pyrrole nitrogens is 1. The van der Waals surface area contributed by atoms with Crippen LogP contribution < -0.4 is 14.8 Å². The van der Waals surface area contributed by atoms with Crippen molar-refractivity contribution in [1.82, 2.24) is 10.3 Å². The van der Waals surface area contributed by atoms with E-state index >= 15 is 0 Å². The second kappa shape index (κ2) is 8.68. The molecule has 0 saturated carbocycles. The van der Waals surface area contributed by atoms with E-state index in [2.05, 4.69) is 10.3 Å². The summed E-state index contributed by atoms with van der Waals surface area (Å²) in [6.07, 6.45) is -0.347. The lowest BCUT2D eigenvalue weighted by Gasteiger charge is -2.26. The van der Waals surface area contributed by atoms with Crippen LogP contribution in [0.5, 0.6) is 11.5 Å². The quantitative estimate of drug-likeness (QED) is 0.704. The Labute approximate surface area is 167 Å². The largest absolute Gasteiger partial charge is 0.486 e. The number of carbonyl (C=O) groups is 3. The number of aromatic nitrogens is 1. The summed E-state index contributed by atoms with van der Waals surface area (Å²) in [6, 6.07) is 7.27. The summed E-state index contributed by atoms with van der Waals surface area (Å²) in [6.45, 7) is 3.29. The van der Waals surface area contributed by atoms with Crippen LogP contribution >= 0.6 is 0 Å². The number of hydrogen-bond donors (Lipinski definition) is 2. The second-order valence-electron chi connectivity index (χ2n) is 6.49. The molecule has 0 radical (unpaired) electrons. The molecular formula is C20H22N2O7. The number of carbonyl (C=O) groups excluding carboxylic acids is 3. The van der Waals surface area contributed by atoms with Crippen molar-refractivity contribution in [3.8, 4) is 11.5 Å². The van der Waals surface area contributed by atoms with Gasteiger partial charge in [-0.1, -0.05) is 12.1 Å². The molecule has 2 aromatic rings. The molecule has 0 fully saturated rings. The number of ether oxygens (including phenoxy) is 4. The Balaban J connectivity index is 1.49. The van der Waals surface area contributed by atoms with Gasteiger partial charge < -0.3 is 29.2 Å². The fourth-order valence-corrected chi connectivity index (χ4v) is 3.01. The molecule has 2 N–H and O–H groups in total. The van der Waals surface area contributed by atoms with Crippen LogP contribution in [0.25, 0.3) is 0 Å². The van der Waals surface area contributed by atoms with Crippen molar-refractivity contribution >= 4 is 17.8 Å². The zero-order valence-corrected chi connectivity index (χ0v) is 16.4. The molecule has 29 heavy (non-hydrogen) atoms. The normalized spacial score (nSPS) is 14.8. The van der Waals surface area contributed by atoms with Gasteiger partial charge in [0.05, 0.1) is 19.2 Å². The lowest BCUT2D eigenvalue weighted by Crippen LogP contribution is -2.42. The number of esters is 2. The molecule has 1 aliphatic heterocycles. The molecule has 1 aromatic heterocycles. The van der Waals surface area contributed by atoms with Crippen LogP contribution in [-0.4, -0.2) is 55.8 Å². The Morgan fingerprint density at radius 3 is 2.62 bits per heavy atom. The third-order valence-electron chi connectivity index (χ3n) is 4.46. The van der Waals surface area contributed by atoms with Gasteiger partial charge >= 0.3 is 11.9 Å². The highest BCUT2D eigenvalue weighted by molar-refractivity contribution is 5.99. The molecule has 1 amide bonds. The predicted molar refractivity (Wildman–Crippen MR) is 101 cm³/mol. The first kappa shape index (κ1) is 20.2. The van der Waals surface area contributed by atoms with Gasteiger partial charge in [-0.05, 0) is 31.5 Å². The average molecular weight is 402 g/mol.